The quantitative estimate of drug-likeness (QED) is 0.139. The molecule has 250 valence electrons. The number of nitrogens with zero attached hydrogens (tertiary/aromatic N) is 1. The molecule has 0 spiro atoms. The number of H-pyrrole nitrogens is 1. The third-order valence-corrected chi connectivity index (χ3v) is 10.2. The molecule has 1 unspecified atom stereocenters. The summed E-state index contributed by atoms with van der Waals surface area (Å²) in [7, 11) is -1.70. The molecule has 1 saturated carbocycles. The zero-order chi connectivity index (χ0) is 33.2. The smallest absolute Gasteiger partial charge is 0.411 e. The number of nitrogens with one attached hydrogen (secondary N) is 4. The van der Waals surface area contributed by atoms with E-state index in [0.717, 1.165) is 29.1 Å². The fraction of sp³-hybridized carbons (Fsp3) is 0.312. The molecule has 5 rings (SSSR count). The summed E-state index contributed by atoms with van der Waals surface area (Å²) in [5.41, 5.74) is 3.17. The molecule has 0 bridgehead atoms. The van der Waals surface area contributed by atoms with Crippen LogP contribution in [-0.4, -0.2) is 54.5 Å². The van der Waals surface area contributed by atoms with Crippen molar-refractivity contribution in [2.75, 3.05) is 24.3 Å². The average molecular weight is 688 g/mol. The third kappa shape index (κ3) is 7.89. The lowest BCUT2D eigenvalue weighted by Gasteiger charge is -2.20. The van der Waals surface area contributed by atoms with Crippen molar-refractivity contribution in [2.45, 2.75) is 55.8 Å². The van der Waals surface area contributed by atoms with Gasteiger partial charge in [0.2, 0.25) is 0 Å². The fourth-order valence-corrected chi connectivity index (χ4v) is 7.32. The summed E-state index contributed by atoms with van der Waals surface area (Å²) in [5.74, 6) is -2.00. The van der Waals surface area contributed by atoms with E-state index in [1.165, 1.54) is 18.2 Å². The lowest BCUT2D eigenvalue weighted by molar-refractivity contribution is -0.138. The molecule has 1 aliphatic carbocycles. The molecule has 3 aromatic carbocycles. The minimum atomic E-state index is -3.41. The number of carboxylic acid groups (broad SMARTS) is 1. The summed E-state index contributed by atoms with van der Waals surface area (Å²) in [5, 5.41) is 18.1. The van der Waals surface area contributed by atoms with Crippen molar-refractivity contribution < 1.29 is 32.2 Å². The molecule has 1 aliphatic rings. The first kappa shape index (κ1) is 35.3. The van der Waals surface area contributed by atoms with Crippen LogP contribution >= 0.6 is 12.4 Å². The van der Waals surface area contributed by atoms with Gasteiger partial charge in [0.05, 0.1) is 39.7 Å². The highest BCUT2D eigenvalue weighted by Crippen LogP contribution is 2.36. The number of benzene rings is 3. The van der Waals surface area contributed by atoms with Gasteiger partial charge in [-0.1, -0.05) is 12.1 Å². The minimum absolute atomic E-state index is 0. The summed E-state index contributed by atoms with van der Waals surface area (Å²) in [6, 6.07) is 8.97. The Kier molecular flexibility index (Phi) is 10.9. The summed E-state index contributed by atoms with van der Waals surface area (Å²) in [4.78, 5) is 43.6. The van der Waals surface area contributed by atoms with Crippen LogP contribution < -0.4 is 21.5 Å². The van der Waals surface area contributed by atoms with E-state index in [1.807, 2.05) is 0 Å². The molecule has 1 amide bonds. The van der Waals surface area contributed by atoms with Gasteiger partial charge in [-0.05, 0) is 85.8 Å². The summed E-state index contributed by atoms with van der Waals surface area (Å²) in [6.07, 6.45) is 2.10. The van der Waals surface area contributed by atoms with E-state index in [9.17, 15) is 32.3 Å². The number of hydrogen-bond donors (Lipinski definition) is 5. The molecule has 4 aromatic rings. The van der Waals surface area contributed by atoms with Crippen molar-refractivity contribution in [3.8, 4) is 0 Å². The van der Waals surface area contributed by atoms with Crippen LogP contribution in [0.4, 0.5) is 20.6 Å². The first-order valence-corrected chi connectivity index (χ1v) is 16.1. The Balaban J connectivity index is 0.00000500. The number of carboxylic acids is 1. The van der Waals surface area contributed by atoms with Crippen molar-refractivity contribution >= 4 is 56.6 Å². The number of fused-ring (bicyclic) bond motifs is 1. The maximum absolute atomic E-state index is 14.8. The topological polar surface area (TPSA) is 180 Å². The van der Waals surface area contributed by atoms with Gasteiger partial charge >= 0.3 is 12.1 Å². The number of aliphatic carboxylic acids is 1. The second-order valence-corrected chi connectivity index (χ2v) is 13.4. The van der Waals surface area contributed by atoms with Crippen LogP contribution in [0.15, 0.2) is 58.5 Å². The monoisotopic (exact) mass is 687 g/mol. The predicted octanol–water partition coefficient (Wildman–Crippen LogP) is 4.79. The van der Waals surface area contributed by atoms with E-state index in [2.05, 4.69) is 25.9 Å². The molecule has 15 heteroatoms. The molecule has 1 heterocycles. The van der Waals surface area contributed by atoms with Crippen LogP contribution in [0.2, 0.25) is 0 Å². The second-order valence-electron chi connectivity index (χ2n) is 11.2. The third-order valence-electron chi connectivity index (χ3n) is 7.86. The molecule has 1 aromatic heterocycles. The molecular formula is C32H35ClFN5O7S. The first-order chi connectivity index (χ1) is 21.9. The number of ether oxygens (including phenoxy) is 1. The van der Waals surface area contributed by atoms with E-state index >= 15 is 0 Å². The number of amides is 1. The number of aryl methyl sites for hydroxylation is 2. The molecule has 0 radical (unpaired) electrons. The molecule has 12 nitrogen and oxygen atoms in total. The van der Waals surface area contributed by atoms with Crippen LogP contribution in [0.3, 0.4) is 0 Å². The lowest BCUT2D eigenvalue weighted by Crippen LogP contribution is -2.22. The molecule has 5 N–H and O–H groups in total. The van der Waals surface area contributed by atoms with Crippen molar-refractivity contribution in [1.29, 1.82) is 0 Å². The maximum atomic E-state index is 14.8. The van der Waals surface area contributed by atoms with Crippen LogP contribution in [0, 0.1) is 19.7 Å². The van der Waals surface area contributed by atoms with Crippen molar-refractivity contribution in [1.82, 2.24) is 15.3 Å². The first-order valence-electron chi connectivity index (χ1n) is 14.6. The number of carbonyl (C=O) groups is 2. The van der Waals surface area contributed by atoms with Crippen LogP contribution in [-0.2, 0) is 32.3 Å². The van der Waals surface area contributed by atoms with E-state index < -0.39 is 39.3 Å². The van der Waals surface area contributed by atoms with E-state index in [0.29, 0.717) is 42.6 Å². The van der Waals surface area contributed by atoms with Gasteiger partial charge in [0.1, 0.15) is 5.82 Å². The van der Waals surface area contributed by atoms with Gasteiger partial charge in [-0.15, -0.1) is 12.4 Å². The lowest BCUT2D eigenvalue weighted by atomic mass is 9.94. The van der Waals surface area contributed by atoms with Gasteiger partial charge in [0.15, 0.2) is 15.9 Å². The number of aromatic nitrogens is 2. The standard InChI is InChI=1S/C32H34FN5O7S.ClH/c1-17-10-19(29(31(40)41)38-27-13-24-26(14-25(27)33)35-16-36-30(24)39)11-18(2)23(17)8-9-45-32(42)37-21-4-7-28(20(12-21)15-34-3)46(43,44)22-5-6-22;/h4,7,10-14,16,22,29,34,38H,5-6,8-9,15H2,1-3H3,(H,37,42)(H,40,41)(H,35,36,39);1H. The van der Waals surface area contributed by atoms with Gasteiger partial charge < -0.3 is 25.5 Å². The highest BCUT2D eigenvalue weighted by atomic mass is 35.5. The normalized spacial score (nSPS) is 13.4. The highest BCUT2D eigenvalue weighted by Gasteiger charge is 2.38. The van der Waals surface area contributed by atoms with Gasteiger partial charge in [-0.2, -0.15) is 0 Å². The average Bonchev–Trinajstić information content (AvgIpc) is 3.84. The largest absolute Gasteiger partial charge is 0.479 e. The van der Waals surface area contributed by atoms with Crippen LogP contribution in [0.1, 0.15) is 46.7 Å². The van der Waals surface area contributed by atoms with E-state index in [4.69, 9.17) is 4.74 Å². The van der Waals surface area contributed by atoms with Crippen molar-refractivity contribution in [3.63, 3.8) is 0 Å². The number of hydrogen-bond acceptors (Lipinski definition) is 9. The van der Waals surface area contributed by atoms with Crippen molar-refractivity contribution in [2.24, 2.45) is 0 Å². The number of halogens is 2. The van der Waals surface area contributed by atoms with Gasteiger partial charge in [0.25, 0.3) is 5.56 Å². The number of anilines is 2. The number of rotatable bonds is 12. The Labute approximate surface area is 276 Å². The maximum Gasteiger partial charge on any atom is 0.411 e. The van der Waals surface area contributed by atoms with Gasteiger partial charge in [-0.25, -0.2) is 27.4 Å². The Morgan fingerprint density at radius 1 is 1.13 bits per heavy atom. The number of carbonyl (C=O) groups excluding carboxylic acids is 1. The Morgan fingerprint density at radius 2 is 1.83 bits per heavy atom. The zero-order valence-electron chi connectivity index (χ0n) is 25.8. The zero-order valence-corrected chi connectivity index (χ0v) is 27.5. The minimum Gasteiger partial charge on any atom is -0.479 e. The van der Waals surface area contributed by atoms with E-state index in [1.54, 1.807) is 39.1 Å². The van der Waals surface area contributed by atoms with Crippen LogP contribution in [0.25, 0.3) is 10.9 Å². The molecular weight excluding hydrogens is 653 g/mol. The van der Waals surface area contributed by atoms with Gasteiger partial charge in [0, 0.05) is 24.7 Å². The van der Waals surface area contributed by atoms with E-state index in [-0.39, 0.29) is 45.7 Å². The molecule has 47 heavy (non-hydrogen) atoms. The molecule has 0 aliphatic heterocycles. The molecule has 0 saturated heterocycles. The Hall–Kier alpha value is -4.53. The molecule has 1 atom stereocenters. The fourth-order valence-electron chi connectivity index (χ4n) is 5.45. The van der Waals surface area contributed by atoms with Gasteiger partial charge in [-0.3, -0.25) is 10.1 Å². The second kappa shape index (κ2) is 14.5. The van der Waals surface area contributed by atoms with Crippen LogP contribution in [0.5, 0.6) is 0 Å². The SMILES string of the molecule is CNCc1cc(NC(=O)OCCc2c(C)cc(C(Nc3cc4c(=O)[nH]cnc4cc3F)C(=O)O)cc2C)ccc1S(=O)(=O)C1CC1.Cl. The Bertz CT molecular complexity index is 1980. The summed E-state index contributed by atoms with van der Waals surface area (Å²) >= 11 is 0. The number of aromatic amines is 1. The molecule has 1 fully saturated rings. The summed E-state index contributed by atoms with van der Waals surface area (Å²) < 4.78 is 45.8. The number of sulfone groups is 1. The van der Waals surface area contributed by atoms with Crippen molar-refractivity contribution in [3.05, 3.63) is 92.8 Å². The highest BCUT2D eigenvalue weighted by molar-refractivity contribution is 7.92. The Morgan fingerprint density at radius 3 is 2.47 bits per heavy atom. The predicted molar refractivity (Wildman–Crippen MR) is 178 cm³/mol. The summed E-state index contributed by atoms with van der Waals surface area (Å²) in [6.45, 7) is 3.93.